The quantitative estimate of drug-likeness (QED) is 0.925. The summed E-state index contributed by atoms with van der Waals surface area (Å²) in [7, 11) is 0. The van der Waals surface area contributed by atoms with Crippen LogP contribution in [0.4, 0.5) is 0 Å². The summed E-state index contributed by atoms with van der Waals surface area (Å²) in [6.07, 6.45) is 0.782. The first-order valence-corrected chi connectivity index (χ1v) is 6.45. The predicted molar refractivity (Wildman–Crippen MR) is 71.1 cm³/mol. The van der Waals surface area contributed by atoms with Crippen molar-refractivity contribution >= 4 is 29.1 Å². The molecule has 0 saturated carbocycles. The van der Waals surface area contributed by atoms with E-state index in [0.717, 1.165) is 6.42 Å². The molecule has 1 amide bonds. The number of carbonyl (C=O) groups excluding carboxylic acids is 1. The molecule has 1 aliphatic rings. The van der Waals surface area contributed by atoms with E-state index in [1.165, 1.54) is 0 Å². The van der Waals surface area contributed by atoms with Gasteiger partial charge in [0.1, 0.15) is 11.9 Å². The summed E-state index contributed by atoms with van der Waals surface area (Å²) in [5, 5.41) is 0.956. The normalized spacial score (nSPS) is 19.1. The van der Waals surface area contributed by atoms with Gasteiger partial charge >= 0.3 is 0 Å². The van der Waals surface area contributed by atoms with E-state index >= 15 is 0 Å². The molecule has 0 aromatic heterocycles. The Balaban J connectivity index is 1.95. The zero-order chi connectivity index (χ0) is 13.1. The summed E-state index contributed by atoms with van der Waals surface area (Å²) in [5.74, 6) is 0.617. The highest BCUT2D eigenvalue weighted by atomic mass is 35.5. The minimum absolute atomic E-state index is 0.0160. The van der Waals surface area contributed by atoms with Crippen LogP contribution in [-0.2, 0) is 4.79 Å². The summed E-state index contributed by atoms with van der Waals surface area (Å²) in [6.45, 7) is 1.29. The summed E-state index contributed by atoms with van der Waals surface area (Å²) < 4.78 is 5.76. The van der Waals surface area contributed by atoms with Gasteiger partial charge in [0.15, 0.2) is 0 Å². The van der Waals surface area contributed by atoms with Gasteiger partial charge in [-0.3, -0.25) is 4.79 Å². The minimum Gasteiger partial charge on any atom is -0.488 e. The third-order valence-electron chi connectivity index (χ3n) is 2.87. The van der Waals surface area contributed by atoms with Crippen LogP contribution >= 0.6 is 23.2 Å². The van der Waals surface area contributed by atoms with Gasteiger partial charge in [-0.05, 0) is 12.1 Å². The van der Waals surface area contributed by atoms with E-state index in [1.54, 1.807) is 23.1 Å². The van der Waals surface area contributed by atoms with Crippen molar-refractivity contribution < 1.29 is 9.53 Å². The molecule has 1 atom stereocenters. The van der Waals surface area contributed by atoms with Gasteiger partial charge in [0.2, 0.25) is 5.91 Å². The second-order valence-electron chi connectivity index (χ2n) is 4.15. The smallest absolute Gasteiger partial charge is 0.236 e. The molecule has 0 spiro atoms. The number of halogens is 2. The molecule has 6 heteroatoms. The summed E-state index contributed by atoms with van der Waals surface area (Å²) in [6, 6.07) is 5.13. The fourth-order valence-electron chi connectivity index (χ4n) is 1.92. The molecule has 1 aliphatic heterocycles. The van der Waals surface area contributed by atoms with Crippen LogP contribution in [-0.4, -0.2) is 36.5 Å². The first kappa shape index (κ1) is 13.5. The standard InChI is InChI=1S/C12H14Cl2N2O2/c13-10-2-1-8(5-11(10)14)18-9-3-4-16(7-9)12(17)6-15/h1-2,5,9H,3-4,6-7,15H2/t9-/m0/s1. The van der Waals surface area contributed by atoms with Crippen molar-refractivity contribution in [3.63, 3.8) is 0 Å². The number of benzene rings is 1. The lowest BCUT2D eigenvalue weighted by Crippen LogP contribution is -2.35. The van der Waals surface area contributed by atoms with Crippen molar-refractivity contribution in [2.75, 3.05) is 19.6 Å². The van der Waals surface area contributed by atoms with Crippen LogP contribution in [0.1, 0.15) is 6.42 Å². The van der Waals surface area contributed by atoms with Crippen molar-refractivity contribution in [2.24, 2.45) is 5.73 Å². The predicted octanol–water partition coefficient (Wildman–Crippen LogP) is 1.93. The molecule has 0 unspecified atom stereocenters. The van der Waals surface area contributed by atoms with Crippen molar-refractivity contribution in [3.05, 3.63) is 28.2 Å². The molecule has 1 saturated heterocycles. The lowest BCUT2D eigenvalue weighted by molar-refractivity contribution is -0.128. The van der Waals surface area contributed by atoms with Crippen LogP contribution < -0.4 is 10.5 Å². The molecule has 18 heavy (non-hydrogen) atoms. The van der Waals surface area contributed by atoms with Crippen LogP contribution in [0.5, 0.6) is 5.75 Å². The molecule has 0 bridgehead atoms. The fourth-order valence-corrected chi connectivity index (χ4v) is 2.21. The first-order valence-electron chi connectivity index (χ1n) is 5.69. The Morgan fingerprint density at radius 3 is 2.89 bits per heavy atom. The number of nitrogens with zero attached hydrogens (tertiary/aromatic N) is 1. The molecular formula is C12H14Cl2N2O2. The Kier molecular flexibility index (Phi) is 4.32. The number of ether oxygens (including phenoxy) is 1. The van der Waals surface area contributed by atoms with Crippen LogP contribution in [0, 0.1) is 0 Å². The fraction of sp³-hybridized carbons (Fsp3) is 0.417. The topological polar surface area (TPSA) is 55.6 Å². The molecule has 1 aromatic rings. The monoisotopic (exact) mass is 288 g/mol. The third kappa shape index (κ3) is 3.07. The zero-order valence-corrected chi connectivity index (χ0v) is 11.2. The molecule has 1 aromatic carbocycles. The Labute approximate surface area is 116 Å². The average Bonchev–Trinajstić information content (AvgIpc) is 2.81. The number of hydrogen-bond donors (Lipinski definition) is 1. The van der Waals surface area contributed by atoms with Crippen LogP contribution in [0.3, 0.4) is 0 Å². The highest BCUT2D eigenvalue weighted by Crippen LogP contribution is 2.27. The van der Waals surface area contributed by atoms with Crippen molar-refractivity contribution in [3.8, 4) is 5.75 Å². The van der Waals surface area contributed by atoms with Gasteiger partial charge in [0, 0.05) is 19.0 Å². The van der Waals surface area contributed by atoms with Crippen molar-refractivity contribution in [2.45, 2.75) is 12.5 Å². The Hall–Kier alpha value is -0.970. The van der Waals surface area contributed by atoms with Gasteiger partial charge in [-0.1, -0.05) is 23.2 Å². The van der Waals surface area contributed by atoms with E-state index in [0.29, 0.717) is 28.9 Å². The Morgan fingerprint density at radius 2 is 2.22 bits per heavy atom. The van der Waals surface area contributed by atoms with Gasteiger partial charge < -0.3 is 15.4 Å². The van der Waals surface area contributed by atoms with E-state index in [1.807, 2.05) is 0 Å². The minimum atomic E-state index is -0.0461. The number of amides is 1. The van der Waals surface area contributed by atoms with E-state index in [-0.39, 0.29) is 18.6 Å². The van der Waals surface area contributed by atoms with Crippen LogP contribution in [0.25, 0.3) is 0 Å². The largest absolute Gasteiger partial charge is 0.488 e. The molecule has 1 heterocycles. The highest BCUT2D eigenvalue weighted by molar-refractivity contribution is 6.42. The molecule has 0 aliphatic carbocycles. The SMILES string of the molecule is NCC(=O)N1CC[C@H](Oc2ccc(Cl)c(Cl)c2)C1. The third-order valence-corrected chi connectivity index (χ3v) is 3.61. The van der Waals surface area contributed by atoms with Crippen molar-refractivity contribution in [1.82, 2.24) is 4.90 Å². The summed E-state index contributed by atoms with van der Waals surface area (Å²) >= 11 is 11.7. The maximum atomic E-state index is 11.4. The highest BCUT2D eigenvalue weighted by Gasteiger charge is 2.26. The van der Waals surface area contributed by atoms with Gasteiger partial charge in [-0.15, -0.1) is 0 Å². The summed E-state index contributed by atoms with van der Waals surface area (Å²) in [5.41, 5.74) is 5.32. The molecule has 2 rings (SSSR count). The van der Waals surface area contributed by atoms with E-state index in [2.05, 4.69) is 0 Å². The Bertz CT molecular complexity index is 454. The van der Waals surface area contributed by atoms with Crippen LogP contribution in [0.15, 0.2) is 18.2 Å². The average molecular weight is 289 g/mol. The molecule has 4 nitrogen and oxygen atoms in total. The van der Waals surface area contributed by atoms with Crippen LogP contribution in [0.2, 0.25) is 10.0 Å². The number of rotatable bonds is 3. The number of hydrogen-bond acceptors (Lipinski definition) is 3. The lowest BCUT2D eigenvalue weighted by atomic mass is 10.3. The van der Waals surface area contributed by atoms with Gasteiger partial charge in [0.05, 0.1) is 23.1 Å². The second kappa shape index (κ2) is 5.78. The first-order chi connectivity index (χ1) is 8.60. The van der Waals surface area contributed by atoms with E-state index in [4.69, 9.17) is 33.7 Å². The maximum Gasteiger partial charge on any atom is 0.236 e. The van der Waals surface area contributed by atoms with Gasteiger partial charge in [0.25, 0.3) is 0 Å². The zero-order valence-electron chi connectivity index (χ0n) is 9.73. The van der Waals surface area contributed by atoms with Crippen molar-refractivity contribution in [1.29, 1.82) is 0 Å². The van der Waals surface area contributed by atoms with Gasteiger partial charge in [-0.2, -0.15) is 0 Å². The number of carbonyl (C=O) groups is 1. The molecule has 98 valence electrons. The molecule has 1 fully saturated rings. The van der Waals surface area contributed by atoms with Gasteiger partial charge in [-0.25, -0.2) is 0 Å². The second-order valence-corrected chi connectivity index (χ2v) is 4.96. The van der Waals surface area contributed by atoms with E-state index < -0.39 is 0 Å². The maximum absolute atomic E-state index is 11.4. The Morgan fingerprint density at radius 1 is 1.44 bits per heavy atom. The number of nitrogens with two attached hydrogens (primary N) is 1. The summed E-state index contributed by atoms with van der Waals surface area (Å²) in [4.78, 5) is 13.1. The molecule has 0 radical (unpaired) electrons. The molecular weight excluding hydrogens is 275 g/mol. The molecule has 2 N–H and O–H groups in total. The lowest BCUT2D eigenvalue weighted by Gasteiger charge is -2.16. The number of likely N-dealkylation sites (tertiary alicyclic amines) is 1. The van der Waals surface area contributed by atoms with E-state index in [9.17, 15) is 4.79 Å².